The lowest BCUT2D eigenvalue weighted by Gasteiger charge is -2.32. The fourth-order valence-electron chi connectivity index (χ4n) is 4.24. The second kappa shape index (κ2) is 12.5. The summed E-state index contributed by atoms with van der Waals surface area (Å²) in [5, 5.41) is 19.6. The van der Waals surface area contributed by atoms with Gasteiger partial charge in [-0.05, 0) is 34.4 Å². The summed E-state index contributed by atoms with van der Waals surface area (Å²) in [5.41, 5.74) is 4.97. The molecule has 0 amide bonds. The van der Waals surface area contributed by atoms with Crippen molar-refractivity contribution in [2.75, 3.05) is 33.0 Å². The number of hydrogen-bond donors (Lipinski definition) is 1. The van der Waals surface area contributed by atoms with E-state index < -0.39 is 0 Å². The van der Waals surface area contributed by atoms with Crippen molar-refractivity contribution in [1.29, 1.82) is 5.26 Å². The van der Waals surface area contributed by atoms with Crippen molar-refractivity contribution >= 4 is 30.0 Å². The molecule has 36 heavy (non-hydrogen) atoms. The molecule has 6 nitrogen and oxygen atoms in total. The zero-order valence-electron chi connectivity index (χ0n) is 19.8. The van der Waals surface area contributed by atoms with Crippen LogP contribution in [0.2, 0.25) is 5.02 Å². The Kier molecular flexibility index (Phi) is 8.88. The lowest BCUT2D eigenvalue weighted by molar-refractivity contribution is -0.118. The molecule has 1 N–H and O–H groups in total. The van der Waals surface area contributed by atoms with Crippen LogP contribution in [0.15, 0.2) is 60.7 Å². The minimum absolute atomic E-state index is 0.122. The average molecular weight is 503 g/mol. The molecule has 0 spiro atoms. The quantitative estimate of drug-likeness (QED) is 0.333. The third kappa shape index (κ3) is 6.01. The number of benzene rings is 3. The number of nitriles is 1. The summed E-state index contributed by atoms with van der Waals surface area (Å²) in [6, 6.07) is 21.3. The molecule has 1 fully saturated rings. The van der Waals surface area contributed by atoms with E-state index in [0.717, 1.165) is 34.1 Å². The van der Waals surface area contributed by atoms with Gasteiger partial charge in [0.1, 0.15) is 24.7 Å². The molecule has 3 aromatic rings. The SMILES string of the molecule is N#Cc1c(/C=C/c2cc(OCCO)c(Cl)cc2CN2CCOCC2C=O)cccc1-c1ccccc1. The van der Waals surface area contributed by atoms with E-state index >= 15 is 0 Å². The van der Waals surface area contributed by atoms with Gasteiger partial charge in [-0.2, -0.15) is 5.26 Å². The van der Waals surface area contributed by atoms with Gasteiger partial charge < -0.3 is 19.4 Å². The fraction of sp³-hybridized carbons (Fsp3) is 0.241. The third-order valence-corrected chi connectivity index (χ3v) is 6.38. The second-order valence-electron chi connectivity index (χ2n) is 8.38. The van der Waals surface area contributed by atoms with Gasteiger partial charge in [-0.1, -0.05) is 72.3 Å². The maximum Gasteiger partial charge on any atom is 0.139 e. The number of hydrogen-bond acceptors (Lipinski definition) is 6. The Hall–Kier alpha value is -3.47. The number of halogens is 1. The molecule has 4 rings (SSSR count). The van der Waals surface area contributed by atoms with Crippen molar-refractivity contribution in [3.63, 3.8) is 0 Å². The molecule has 3 aromatic carbocycles. The van der Waals surface area contributed by atoms with Crippen molar-refractivity contribution in [1.82, 2.24) is 4.90 Å². The molecule has 0 saturated carbocycles. The van der Waals surface area contributed by atoms with E-state index in [1.807, 2.05) is 72.8 Å². The Bertz CT molecular complexity index is 1270. The molecule has 0 aliphatic carbocycles. The van der Waals surface area contributed by atoms with E-state index in [4.69, 9.17) is 21.1 Å². The van der Waals surface area contributed by atoms with Crippen LogP contribution in [0.5, 0.6) is 5.75 Å². The van der Waals surface area contributed by atoms with Crippen molar-refractivity contribution < 1.29 is 19.4 Å². The van der Waals surface area contributed by atoms with Gasteiger partial charge in [0, 0.05) is 18.7 Å². The normalized spacial score (nSPS) is 16.1. The van der Waals surface area contributed by atoms with Crippen LogP contribution in [0.25, 0.3) is 23.3 Å². The first-order chi connectivity index (χ1) is 17.6. The number of carbonyl (C=O) groups is 1. The number of ether oxygens (including phenoxy) is 2. The van der Waals surface area contributed by atoms with Crippen molar-refractivity contribution in [2.24, 2.45) is 0 Å². The van der Waals surface area contributed by atoms with Crippen LogP contribution in [0.4, 0.5) is 0 Å². The van der Waals surface area contributed by atoms with Crippen LogP contribution < -0.4 is 4.74 Å². The van der Waals surface area contributed by atoms with E-state index in [2.05, 4.69) is 11.0 Å². The number of aliphatic hydroxyl groups is 1. The molecular formula is C29H27ClN2O4. The number of aliphatic hydroxyl groups excluding tert-OH is 1. The van der Waals surface area contributed by atoms with E-state index in [1.165, 1.54) is 0 Å². The smallest absolute Gasteiger partial charge is 0.139 e. The van der Waals surface area contributed by atoms with Crippen LogP contribution in [0.3, 0.4) is 0 Å². The Balaban J connectivity index is 1.72. The van der Waals surface area contributed by atoms with Crippen LogP contribution in [-0.2, 0) is 16.1 Å². The van der Waals surface area contributed by atoms with E-state index in [0.29, 0.717) is 42.6 Å². The summed E-state index contributed by atoms with van der Waals surface area (Å²) in [5.74, 6) is 0.460. The summed E-state index contributed by atoms with van der Waals surface area (Å²) < 4.78 is 11.1. The fourth-order valence-corrected chi connectivity index (χ4v) is 4.48. The standard InChI is InChI=1S/C29H27ClN2O4/c30-28-15-24(18-32-11-13-35-20-25(32)19-34)23(16-29(28)36-14-12-33)10-9-22-7-4-8-26(27(22)17-31)21-5-2-1-3-6-21/h1-10,15-16,19,25,33H,11-14,18,20H2/b10-9+. The summed E-state index contributed by atoms with van der Waals surface area (Å²) >= 11 is 6.49. The molecule has 0 aromatic heterocycles. The Labute approximate surface area is 216 Å². The number of rotatable bonds is 9. The summed E-state index contributed by atoms with van der Waals surface area (Å²) in [6.07, 6.45) is 4.74. The summed E-state index contributed by atoms with van der Waals surface area (Å²) in [6.45, 7) is 2.04. The van der Waals surface area contributed by atoms with E-state index in [9.17, 15) is 15.2 Å². The van der Waals surface area contributed by atoms with Crippen molar-refractivity contribution in [3.05, 3.63) is 87.9 Å². The molecule has 184 valence electrons. The van der Waals surface area contributed by atoms with Gasteiger partial charge in [0.05, 0.1) is 36.4 Å². The summed E-state index contributed by atoms with van der Waals surface area (Å²) in [4.78, 5) is 13.6. The monoisotopic (exact) mass is 502 g/mol. The number of nitrogens with zero attached hydrogens (tertiary/aromatic N) is 2. The van der Waals surface area contributed by atoms with E-state index in [1.54, 1.807) is 0 Å². The number of morpholine rings is 1. The largest absolute Gasteiger partial charge is 0.490 e. The average Bonchev–Trinajstić information content (AvgIpc) is 2.92. The maximum absolute atomic E-state index is 11.6. The highest BCUT2D eigenvalue weighted by atomic mass is 35.5. The second-order valence-corrected chi connectivity index (χ2v) is 8.79. The van der Waals surface area contributed by atoms with Gasteiger partial charge in [-0.25, -0.2) is 0 Å². The molecular weight excluding hydrogens is 476 g/mol. The highest BCUT2D eigenvalue weighted by Gasteiger charge is 2.23. The highest BCUT2D eigenvalue weighted by Crippen LogP contribution is 2.32. The van der Waals surface area contributed by atoms with Gasteiger partial charge in [-0.3, -0.25) is 4.90 Å². The molecule has 1 aliphatic heterocycles. The Morgan fingerprint density at radius 3 is 2.69 bits per heavy atom. The van der Waals surface area contributed by atoms with Gasteiger partial charge >= 0.3 is 0 Å². The number of carbonyl (C=O) groups excluding carboxylic acids is 1. The van der Waals surface area contributed by atoms with Crippen molar-refractivity contribution in [2.45, 2.75) is 12.6 Å². The minimum Gasteiger partial charge on any atom is -0.490 e. The molecule has 0 bridgehead atoms. The topological polar surface area (TPSA) is 82.8 Å². The number of aldehydes is 1. The first-order valence-electron chi connectivity index (χ1n) is 11.7. The predicted molar refractivity (Wildman–Crippen MR) is 141 cm³/mol. The molecule has 1 unspecified atom stereocenters. The highest BCUT2D eigenvalue weighted by molar-refractivity contribution is 6.32. The zero-order valence-corrected chi connectivity index (χ0v) is 20.5. The summed E-state index contributed by atoms with van der Waals surface area (Å²) in [7, 11) is 0. The van der Waals surface area contributed by atoms with Crippen LogP contribution in [0.1, 0.15) is 22.3 Å². The van der Waals surface area contributed by atoms with E-state index in [-0.39, 0.29) is 19.3 Å². The molecule has 1 saturated heterocycles. The molecule has 7 heteroatoms. The maximum atomic E-state index is 11.6. The molecule has 0 radical (unpaired) electrons. The lowest BCUT2D eigenvalue weighted by atomic mass is 9.95. The van der Waals surface area contributed by atoms with Gasteiger partial charge in [0.2, 0.25) is 0 Å². The van der Waals surface area contributed by atoms with Gasteiger partial charge in [0.15, 0.2) is 0 Å². The predicted octanol–water partition coefficient (Wildman–Crippen LogP) is 4.82. The van der Waals surface area contributed by atoms with Crippen LogP contribution in [0, 0.1) is 11.3 Å². The lowest BCUT2D eigenvalue weighted by Crippen LogP contribution is -2.45. The molecule has 1 atom stereocenters. The van der Waals surface area contributed by atoms with Crippen molar-refractivity contribution in [3.8, 4) is 22.9 Å². The molecule has 1 heterocycles. The zero-order chi connectivity index (χ0) is 25.3. The van der Waals surface area contributed by atoms with Gasteiger partial charge in [-0.15, -0.1) is 0 Å². The van der Waals surface area contributed by atoms with Gasteiger partial charge in [0.25, 0.3) is 0 Å². The van der Waals surface area contributed by atoms with Crippen LogP contribution >= 0.6 is 11.6 Å². The first kappa shape index (κ1) is 25.6. The van der Waals surface area contributed by atoms with Crippen LogP contribution in [-0.4, -0.2) is 55.3 Å². The Morgan fingerprint density at radius 2 is 1.94 bits per heavy atom. The molecule has 1 aliphatic rings. The first-order valence-corrected chi connectivity index (χ1v) is 12.1. The third-order valence-electron chi connectivity index (χ3n) is 6.09. The Morgan fingerprint density at radius 1 is 1.14 bits per heavy atom. The minimum atomic E-state index is -0.326.